The van der Waals surface area contributed by atoms with Gasteiger partial charge in [0.15, 0.2) is 0 Å². The number of piperidine rings is 1. The minimum Gasteiger partial charge on any atom is -0.321 e. The van der Waals surface area contributed by atoms with Crippen LogP contribution in [0.2, 0.25) is 0 Å². The van der Waals surface area contributed by atoms with Crippen LogP contribution in [-0.4, -0.2) is 49.7 Å². The van der Waals surface area contributed by atoms with Gasteiger partial charge in [-0.3, -0.25) is 0 Å². The van der Waals surface area contributed by atoms with Gasteiger partial charge >= 0.3 is 6.03 Å². The zero-order chi connectivity index (χ0) is 19.6. The number of carbonyl (C=O) groups is 1. The first-order valence-electron chi connectivity index (χ1n) is 9.27. The SMILES string of the molecule is CC(c1cccc2ccccc12)N(C)C(=O)NC1CCCCN1S(C)(=O)=O. The van der Waals surface area contributed by atoms with Crippen LogP contribution >= 0.6 is 0 Å². The third kappa shape index (κ3) is 4.25. The van der Waals surface area contributed by atoms with Crippen molar-refractivity contribution < 1.29 is 13.2 Å². The van der Waals surface area contributed by atoms with Crippen LogP contribution in [0.15, 0.2) is 42.5 Å². The van der Waals surface area contributed by atoms with Crippen LogP contribution in [0.5, 0.6) is 0 Å². The van der Waals surface area contributed by atoms with Gasteiger partial charge in [0, 0.05) is 13.6 Å². The molecule has 1 aliphatic rings. The Hall–Kier alpha value is -2.12. The Labute approximate surface area is 161 Å². The van der Waals surface area contributed by atoms with Gasteiger partial charge in [-0.15, -0.1) is 0 Å². The van der Waals surface area contributed by atoms with E-state index >= 15 is 0 Å². The fraction of sp³-hybridized carbons (Fsp3) is 0.450. The number of nitrogens with zero attached hydrogens (tertiary/aromatic N) is 2. The maximum absolute atomic E-state index is 12.8. The lowest BCUT2D eigenvalue weighted by Crippen LogP contribution is -2.55. The first kappa shape index (κ1) is 19.6. The van der Waals surface area contributed by atoms with Gasteiger partial charge in [0.25, 0.3) is 0 Å². The van der Waals surface area contributed by atoms with Crippen molar-refractivity contribution in [3.63, 3.8) is 0 Å². The summed E-state index contributed by atoms with van der Waals surface area (Å²) in [4.78, 5) is 14.5. The van der Waals surface area contributed by atoms with E-state index < -0.39 is 16.2 Å². The van der Waals surface area contributed by atoms with E-state index in [0.717, 1.165) is 29.2 Å². The van der Waals surface area contributed by atoms with Crippen LogP contribution in [0.3, 0.4) is 0 Å². The molecule has 7 heteroatoms. The van der Waals surface area contributed by atoms with Crippen LogP contribution in [-0.2, 0) is 10.0 Å². The van der Waals surface area contributed by atoms with E-state index in [4.69, 9.17) is 0 Å². The average molecular weight is 390 g/mol. The second kappa shape index (κ2) is 7.86. The molecule has 0 bridgehead atoms. The maximum atomic E-state index is 12.8. The van der Waals surface area contributed by atoms with Crippen LogP contribution in [0, 0.1) is 0 Å². The fourth-order valence-corrected chi connectivity index (χ4v) is 4.77. The number of hydrogen-bond acceptors (Lipinski definition) is 3. The van der Waals surface area contributed by atoms with Crippen molar-refractivity contribution in [2.75, 3.05) is 19.8 Å². The summed E-state index contributed by atoms with van der Waals surface area (Å²) in [6.07, 6.45) is 3.07. The molecule has 2 atom stereocenters. The van der Waals surface area contributed by atoms with Crippen LogP contribution in [0.25, 0.3) is 10.8 Å². The molecule has 146 valence electrons. The summed E-state index contributed by atoms with van der Waals surface area (Å²) in [5.41, 5.74) is 1.06. The molecule has 1 N–H and O–H groups in total. The minimum atomic E-state index is -3.35. The molecule has 0 aromatic heterocycles. The predicted octanol–water partition coefficient (Wildman–Crippen LogP) is 3.31. The number of sulfonamides is 1. The second-order valence-corrected chi connectivity index (χ2v) is 9.13. The molecule has 0 aliphatic carbocycles. The van der Waals surface area contributed by atoms with E-state index in [1.807, 2.05) is 31.2 Å². The van der Waals surface area contributed by atoms with Gasteiger partial charge in [-0.2, -0.15) is 4.31 Å². The van der Waals surface area contributed by atoms with Crippen LogP contribution in [0.4, 0.5) is 4.79 Å². The minimum absolute atomic E-state index is 0.147. The molecule has 1 heterocycles. The third-order valence-electron chi connectivity index (χ3n) is 5.34. The molecule has 2 unspecified atom stereocenters. The third-order valence-corrected chi connectivity index (χ3v) is 6.63. The number of fused-ring (bicyclic) bond motifs is 1. The summed E-state index contributed by atoms with van der Waals surface area (Å²) in [7, 11) is -1.60. The number of nitrogens with one attached hydrogen (secondary N) is 1. The highest BCUT2D eigenvalue weighted by Crippen LogP contribution is 2.27. The van der Waals surface area contributed by atoms with Gasteiger partial charge in [-0.05, 0) is 42.5 Å². The zero-order valence-corrected chi connectivity index (χ0v) is 16.9. The van der Waals surface area contributed by atoms with Crippen LogP contribution < -0.4 is 5.32 Å². The van der Waals surface area contributed by atoms with Crippen molar-refractivity contribution in [1.82, 2.24) is 14.5 Å². The Morgan fingerprint density at radius 2 is 1.89 bits per heavy atom. The lowest BCUT2D eigenvalue weighted by molar-refractivity contribution is 0.165. The second-order valence-electron chi connectivity index (χ2n) is 7.19. The Morgan fingerprint density at radius 3 is 2.63 bits per heavy atom. The zero-order valence-electron chi connectivity index (χ0n) is 16.1. The van der Waals surface area contributed by atoms with Gasteiger partial charge in [0.1, 0.15) is 0 Å². The molecule has 2 aromatic rings. The first-order valence-corrected chi connectivity index (χ1v) is 11.1. The largest absolute Gasteiger partial charge is 0.321 e. The quantitative estimate of drug-likeness (QED) is 0.872. The van der Waals surface area contributed by atoms with Gasteiger partial charge in [-0.1, -0.05) is 42.5 Å². The van der Waals surface area contributed by atoms with Gasteiger partial charge in [0.2, 0.25) is 10.0 Å². The monoisotopic (exact) mass is 389 g/mol. The molecule has 1 saturated heterocycles. The van der Waals surface area contributed by atoms with Crippen molar-refractivity contribution >= 4 is 26.8 Å². The van der Waals surface area contributed by atoms with Crippen molar-refractivity contribution in [2.45, 2.75) is 38.4 Å². The first-order chi connectivity index (χ1) is 12.8. The highest BCUT2D eigenvalue weighted by Gasteiger charge is 2.31. The number of rotatable bonds is 4. The van der Waals surface area contributed by atoms with E-state index in [0.29, 0.717) is 13.0 Å². The Balaban J connectivity index is 1.78. The molecule has 1 aliphatic heterocycles. The Kier molecular flexibility index (Phi) is 5.72. The van der Waals surface area contributed by atoms with E-state index in [2.05, 4.69) is 23.5 Å². The topological polar surface area (TPSA) is 69.7 Å². The smallest absolute Gasteiger partial charge is 0.318 e. The Bertz CT molecular complexity index is 924. The number of carbonyl (C=O) groups excluding carboxylic acids is 1. The summed E-state index contributed by atoms with van der Waals surface area (Å²) in [5.74, 6) is 0. The predicted molar refractivity (Wildman–Crippen MR) is 108 cm³/mol. The fourth-order valence-electron chi connectivity index (χ4n) is 3.69. The number of amides is 2. The molecule has 2 amide bonds. The lowest BCUT2D eigenvalue weighted by Gasteiger charge is -2.36. The van der Waals surface area contributed by atoms with Crippen LogP contribution in [0.1, 0.15) is 37.8 Å². The Morgan fingerprint density at radius 1 is 1.19 bits per heavy atom. The van der Waals surface area contributed by atoms with Crippen molar-refractivity contribution in [3.8, 4) is 0 Å². The van der Waals surface area contributed by atoms with Crippen molar-refractivity contribution in [3.05, 3.63) is 48.0 Å². The number of benzene rings is 2. The molecule has 0 radical (unpaired) electrons. The molecular formula is C20H27N3O3S. The molecule has 0 saturated carbocycles. The lowest BCUT2D eigenvalue weighted by atomic mass is 9.99. The van der Waals surface area contributed by atoms with Crippen molar-refractivity contribution in [1.29, 1.82) is 0 Å². The summed E-state index contributed by atoms with van der Waals surface area (Å²) in [6.45, 7) is 2.43. The highest BCUT2D eigenvalue weighted by atomic mass is 32.2. The maximum Gasteiger partial charge on any atom is 0.318 e. The van der Waals surface area contributed by atoms with Gasteiger partial charge in [0.05, 0.1) is 18.5 Å². The highest BCUT2D eigenvalue weighted by molar-refractivity contribution is 7.88. The summed E-state index contributed by atoms with van der Waals surface area (Å²) in [6, 6.07) is 13.8. The van der Waals surface area contributed by atoms with Crippen molar-refractivity contribution in [2.24, 2.45) is 0 Å². The normalized spacial score (nSPS) is 19.6. The number of hydrogen-bond donors (Lipinski definition) is 1. The van der Waals surface area contributed by atoms with E-state index in [-0.39, 0.29) is 12.1 Å². The summed E-state index contributed by atoms with van der Waals surface area (Å²) in [5, 5.41) is 5.15. The van der Waals surface area contributed by atoms with E-state index in [9.17, 15) is 13.2 Å². The molecule has 27 heavy (non-hydrogen) atoms. The molecule has 3 rings (SSSR count). The number of urea groups is 1. The average Bonchev–Trinajstić information content (AvgIpc) is 2.66. The molecule has 1 fully saturated rings. The van der Waals surface area contributed by atoms with Gasteiger partial charge in [-0.25, -0.2) is 13.2 Å². The van der Waals surface area contributed by atoms with E-state index in [1.54, 1.807) is 11.9 Å². The molecule has 6 nitrogen and oxygen atoms in total. The molecule has 0 spiro atoms. The summed E-state index contributed by atoms with van der Waals surface area (Å²) < 4.78 is 25.4. The van der Waals surface area contributed by atoms with E-state index in [1.165, 1.54) is 10.6 Å². The molecular weight excluding hydrogens is 362 g/mol. The summed E-state index contributed by atoms with van der Waals surface area (Å²) >= 11 is 0. The van der Waals surface area contributed by atoms with Gasteiger partial charge < -0.3 is 10.2 Å². The standard InChI is InChI=1S/C20H27N3O3S/c1-15(17-12-8-10-16-9-4-5-11-18(16)17)22(2)20(24)21-19-13-6-7-14-23(19)27(3,25)26/h4-5,8-12,15,19H,6-7,13-14H2,1-3H3,(H,21,24). The molecule has 2 aromatic carbocycles.